The van der Waals surface area contributed by atoms with Gasteiger partial charge in [-0.3, -0.25) is 4.79 Å². The number of hydrogen-bond acceptors (Lipinski definition) is 3. The minimum absolute atomic E-state index is 0. The highest BCUT2D eigenvalue weighted by atomic mass is 35.5. The van der Waals surface area contributed by atoms with Crippen LogP contribution >= 0.6 is 12.4 Å². The first kappa shape index (κ1) is 16.7. The van der Waals surface area contributed by atoms with Crippen LogP contribution in [0.3, 0.4) is 0 Å². The smallest absolute Gasteiger partial charge is 0.223 e. The molecule has 2 fully saturated rings. The molecule has 0 aliphatic carbocycles. The van der Waals surface area contributed by atoms with E-state index in [1.54, 1.807) is 0 Å². The Kier molecular flexibility index (Phi) is 7.73. The van der Waals surface area contributed by atoms with Crippen LogP contribution in [-0.2, 0) is 4.79 Å². The van der Waals surface area contributed by atoms with E-state index in [4.69, 9.17) is 0 Å². The normalized spacial score (nSPS) is 22.1. The SMILES string of the molecule is CNC1CCN(C(=O)CCN2CCCCC2)CC1.Cl. The Bertz CT molecular complexity index is 261. The molecular weight excluding hydrogens is 262 g/mol. The molecule has 1 amide bonds. The topological polar surface area (TPSA) is 35.6 Å². The van der Waals surface area contributed by atoms with E-state index in [-0.39, 0.29) is 12.4 Å². The summed E-state index contributed by atoms with van der Waals surface area (Å²) in [5.74, 6) is 0.357. The standard InChI is InChI=1S/C14H27N3O.ClH/c1-15-13-5-11-17(12-6-13)14(18)7-10-16-8-3-2-4-9-16;/h13,15H,2-12H2,1H3;1H. The van der Waals surface area contributed by atoms with E-state index in [2.05, 4.69) is 15.1 Å². The predicted molar refractivity (Wildman–Crippen MR) is 80.8 cm³/mol. The Hall–Kier alpha value is -0.320. The van der Waals surface area contributed by atoms with Crippen LogP contribution in [0.2, 0.25) is 0 Å². The van der Waals surface area contributed by atoms with Gasteiger partial charge in [-0.05, 0) is 45.8 Å². The molecule has 0 unspecified atom stereocenters. The third kappa shape index (κ3) is 5.28. The molecule has 0 spiro atoms. The van der Waals surface area contributed by atoms with E-state index in [0.717, 1.165) is 32.5 Å². The average molecular weight is 290 g/mol. The molecule has 4 nitrogen and oxygen atoms in total. The summed E-state index contributed by atoms with van der Waals surface area (Å²) in [6.07, 6.45) is 6.90. The van der Waals surface area contributed by atoms with Gasteiger partial charge in [0, 0.05) is 32.1 Å². The molecule has 2 heterocycles. The van der Waals surface area contributed by atoms with Crippen LogP contribution in [-0.4, -0.2) is 61.5 Å². The molecule has 0 aromatic rings. The molecule has 112 valence electrons. The summed E-state index contributed by atoms with van der Waals surface area (Å²) >= 11 is 0. The summed E-state index contributed by atoms with van der Waals surface area (Å²) < 4.78 is 0. The van der Waals surface area contributed by atoms with Gasteiger partial charge in [0.25, 0.3) is 0 Å². The first-order valence-corrected chi connectivity index (χ1v) is 7.47. The molecule has 2 aliphatic heterocycles. The van der Waals surface area contributed by atoms with Crippen molar-refractivity contribution >= 4 is 18.3 Å². The number of halogens is 1. The summed E-state index contributed by atoms with van der Waals surface area (Å²) in [4.78, 5) is 16.6. The number of nitrogens with one attached hydrogen (secondary N) is 1. The molecule has 2 rings (SSSR count). The second kappa shape index (κ2) is 8.77. The van der Waals surface area contributed by atoms with Gasteiger partial charge in [0.2, 0.25) is 5.91 Å². The quantitative estimate of drug-likeness (QED) is 0.852. The number of rotatable bonds is 4. The van der Waals surface area contributed by atoms with Gasteiger partial charge in [0.05, 0.1) is 0 Å². The number of amides is 1. The van der Waals surface area contributed by atoms with Crippen LogP contribution in [0.25, 0.3) is 0 Å². The summed E-state index contributed by atoms with van der Waals surface area (Å²) in [6.45, 7) is 5.21. The Morgan fingerprint density at radius 1 is 1.11 bits per heavy atom. The average Bonchev–Trinajstić information content (AvgIpc) is 2.46. The number of nitrogens with zero attached hydrogens (tertiary/aromatic N) is 2. The van der Waals surface area contributed by atoms with Crippen molar-refractivity contribution in [2.45, 2.75) is 44.6 Å². The van der Waals surface area contributed by atoms with Crippen molar-refractivity contribution in [2.24, 2.45) is 0 Å². The van der Waals surface area contributed by atoms with E-state index < -0.39 is 0 Å². The van der Waals surface area contributed by atoms with E-state index in [0.29, 0.717) is 18.4 Å². The lowest BCUT2D eigenvalue weighted by Gasteiger charge is -2.33. The fourth-order valence-electron chi connectivity index (χ4n) is 3.01. The number of carbonyl (C=O) groups is 1. The van der Waals surface area contributed by atoms with E-state index in [1.165, 1.54) is 32.4 Å². The van der Waals surface area contributed by atoms with Gasteiger partial charge in [-0.1, -0.05) is 6.42 Å². The van der Waals surface area contributed by atoms with Crippen molar-refractivity contribution in [3.05, 3.63) is 0 Å². The Balaban J connectivity index is 0.00000180. The van der Waals surface area contributed by atoms with Gasteiger partial charge >= 0.3 is 0 Å². The lowest BCUT2D eigenvalue weighted by Crippen LogP contribution is -2.44. The van der Waals surface area contributed by atoms with Crippen molar-refractivity contribution in [3.63, 3.8) is 0 Å². The third-order valence-electron chi connectivity index (χ3n) is 4.35. The molecule has 0 saturated carbocycles. The van der Waals surface area contributed by atoms with E-state index in [1.807, 2.05) is 7.05 Å². The van der Waals surface area contributed by atoms with Crippen LogP contribution in [0, 0.1) is 0 Å². The fraction of sp³-hybridized carbons (Fsp3) is 0.929. The first-order chi connectivity index (χ1) is 8.79. The van der Waals surface area contributed by atoms with Crippen LogP contribution < -0.4 is 5.32 Å². The molecular formula is C14H28ClN3O. The molecule has 0 aromatic carbocycles. The van der Waals surface area contributed by atoms with Crippen molar-refractivity contribution in [1.29, 1.82) is 0 Å². The van der Waals surface area contributed by atoms with E-state index >= 15 is 0 Å². The summed E-state index contributed by atoms with van der Waals surface area (Å²) in [5.41, 5.74) is 0. The maximum Gasteiger partial charge on any atom is 0.223 e. The zero-order valence-electron chi connectivity index (χ0n) is 12.1. The highest BCUT2D eigenvalue weighted by Gasteiger charge is 2.22. The second-order valence-electron chi connectivity index (χ2n) is 5.60. The van der Waals surface area contributed by atoms with E-state index in [9.17, 15) is 4.79 Å². The van der Waals surface area contributed by atoms with Crippen LogP contribution in [0.1, 0.15) is 38.5 Å². The van der Waals surface area contributed by atoms with Crippen molar-refractivity contribution in [2.75, 3.05) is 39.8 Å². The number of piperidine rings is 2. The molecule has 5 heteroatoms. The van der Waals surface area contributed by atoms with Crippen molar-refractivity contribution in [1.82, 2.24) is 15.1 Å². The maximum atomic E-state index is 12.1. The highest BCUT2D eigenvalue weighted by Crippen LogP contribution is 2.13. The fourth-order valence-corrected chi connectivity index (χ4v) is 3.01. The number of carbonyl (C=O) groups excluding carboxylic acids is 1. The summed E-state index contributed by atoms with van der Waals surface area (Å²) in [5, 5.41) is 3.30. The van der Waals surface area contributed by atoms with Gasteiger partial charge in [-0.15, -0.1) is 12.4 Å². The molecule has 19 heavy (non-hydrogen) atoms. The van der Waals surface area contributed by atoms with Gasteiger partial charge < -0.3 is 15.1 Å². The number of likely N-dealkylation sites (tertiary alicyclic amines) is 2. The van der Waals surface area contributed by atoms with Gasteiger partial charge in [0.1, 0.15) is 0 Å². The number of hydrogen-bond donors (Lipinski definition) is 1. The Labute approximate surface area is 123 Å². The molecule has 1 N–H and O–H groups in total. The maximum absolute atomic E-state index is 12.1. The largest absolute Gasteiger partial charge is 0.343 e. The van der Waals surface area contributed by atoms with Crippen molar-refractivity contribution in [3.8, 4) is 0 Å². The third-order valence-corrected chi connectivity index (χ3v) is 4.35. The lowest BCUT2D eigenvalue weighted by molar-refractivity contribution is -0.132. The predicted octanol–water partition coefficient (Wildman–Crippen LogP) is 1.49. The monoisotopic (exact) mass is 289 g/mol. The highest BCUT2D eigenvalue weighted by molar-refractivity contribution is 5.85. The van der Waals surface area contributed by atoms with Crippen LogP contribution in [0.15, 0.2) is 0 Å². The zero-order valence-corrected chi connectivity index (χ0v) is 12.9. The zero-order chi connectivity index (χ0) is 12.8. The molecule has 0 aromatic heterocycles. The molecule has 2 aliphatic rings. The molecule has 0 bridgehead atoms. The molecule has 0 atom stereocenters. The second-order valence-corrected chi connectivity index (χ2v) is 5.60. The minimum atomic E-state index is 0. The Morgan fingerprint density at radius 3 is 2.32 bits per heavy atom. The van der Waals surface area contributed by atoms with Crippen LogP contribution in [0.4, 0.5) is 0 Å². The van der Waals surface area contributed by atoms with Gasteiger partial charge in [0.15, 0.2) is 0 Å². The van der Waals surface area contributed by atoms with Gasteiger partial charge in [-0.25, -0.2) is 0 Å². The first-order valence-electron chi connectivity index (χ1n) is 7.47. The lowest BCUT2D eigenvalue weighted by atomic mass is 10.0. The summed E-state index contributed by atoms with van der Waals surface area (Å²) in [7, 11) is 2.01. The van der Waals surface area contributed by atoms with Gasteiger partial charge in [-0.2, -0.15) is 0 Å². The van der Waals surface area contributed by atoms with Crippen molar-refractivity contribution < 1.29 is 4.79 Å². The Morgan fingerprint density at radius 2 is 1.74 bits per heavy atom. The molecule has 0 radical (unpaired) electrons. The molecule has 2 saturated heterocycles. The van der Waals surface area contributed by atoms with Crippen LogP contribution in [0.5, 0.6) is 0 Å². The summed E-state index contributed by atoms with van der Waals surface area (Å²) in [6, 6.07) is 0.608. The minimum Gasteiger partial charge on any atom is -0.343 e.